The number of carbonyl (C=O) groups is 1. The summed E-state index contributed by atoms with van der Waals surface area (Å²) in [5.41, 5.74) is 0. The van der Waals surface area contributed by atoms with Crippen molar-refractivity contribution < 1.29 is 32.9 Å². The van der Waals surface area contributed by atoms with Crippen LogP contribution in [-0.4, -0.2) is 73.4 Å². The molecule has 3 N–H and O–H groups in total. The minimum atomic E-state index is -4.35. The van der Waals surface area contributed by atoms with Gasteiger partial charge in [-0.1, -0.05) is 289 Å². The molecule has 0 saturated carbocycles. The highest BCUT2D eigenvalue weighted by Gasteiger charge is 2.27. The lowest BCUT2D eigenvalue weighted by atomic mass is 10.0. The molecule has 0 aromatic heterocycles. The van der Waals surface area contributed by atoms with Crippen LogP contribution in [0.2, 0.25) is 0 Å². The number of nitrogens with one attached hydrogen (secondary N) is 1. The standard InChI is InChI=1S/C62H123N2O6P/c1-6-8-10-12-14-16-18-20-22-24-26-28-29-30-31-32-33-34-35-36-38-40-42-44-46-48-50-52-54-56-62(66)63-60(59-70-71(67,68)69-58-57-64(3,4)5)61(65)55-53-51-49-47-45-43-41-39-37-27-25-23-21-19-17-15-13-11-9-7-2/h30-31,53,55,60-61,65H,6-29,32-52,54,56-59H2,1-5H3,(H-,63,66,67,68)/p+1/b31-30-,55-53+. The van der Waals surface area contributed by atoms with Crippen molar-refractivity contribution in [3.8, 4) is 0 Å². The number of likely N-dealkylation sites (N-methyl/N-ethyl adjacent to an activating group) is 1. The number of phosphoric acid groups is 1. The van der Waals surface area contributed by atoms with Gasteiger partial charge in [0.15, 0.2) is 0 Å². The molecule has 0 aliphatic heterocycles. The van der Waals surface area contributed by atoms with Crippen molar-refractivity contribution in [1.29, 1.82) is 0 Å². The fourth-order valence-electron chi connectivity index (χ4n) is 9.51. The molecule has 0 rings (SSSR count). The molecule has 8 nitrogen and oxygen atoms in total. The molecule has 3 atom stereocenters. The van der Waals surface area contributed by atoms with Gasteiger partial charge in [0.25, 0.3) is 0 Å². The van der Waals surface area contributed by atoms with E-state index in [1.807, 2.05) is 27.2 Å². The van der Waals surface area contributed by atoms with Gasteiger partial charge in [-0.15, -0.1) is 0 Å². The van der Waals surface area contributed by atoms with Gasteiger partial charge in [-0.3, -0.25) is 13.8 Å². The number of quaternary nitrogens is 1. The summed E-state index contributed by atoms with van der Waals surface area (Å²) in [4.78, 5) is 23.3. The summed E-state index contributed by atoms with van der Waals surface area (Å²) in [6.45, 7) is 4.87. The molecule has 0 bridgehead atoms. The zero-order chi connectivity index (χ0) is 52.0. The second kappa shape index (κ2) is 53.8. The van der Waals surface area contributed by atoms with E-state index < -0.39 is 20.0 Å². The molecule has 9 heteroatoms. The van der Waals surface area contributed by atoms with Crippen LogP contribution in [0.3, 0.4) is 0 Å². The molecule has 0 aliphatic carbocycles. The molecule has 71 heavy (non-hydrogen) atoms. The molecule has 0 heterocycles. The summed E-state index contributed by atoms with van der Waals surface area (Å²) in [6.07, 6.45) is 68.6. The molecular formula is C62H124N2O6P+. The summed E-state index contributed by atoms with van der Waals surface area (Å²) in [5, 5.41) is 14.0. The topological polar surface area (TPSA) is 105 Å². The van der Waals surface area contributed by atoms with E-state index in [1.54, 1.807) is 6.08 Å². The molecule has 0 saturated heterocycles. The van der Waals surface area contributed by atoms with E-state index in [4.69, 9.17) is 9.05 Å². The lowest BCUT2D eigenvalue weighted by Gasteiger charge is -2.25. The van der Waals surface area contributed by atoms with Gasteiger partial charge >= 0.3 is 7.82 Å². The van der Waals surface area contributed by atoms with Crippen LogP contribution in [0.5, 0.6) is 0 Å². The predicted molar refractivity (Wildman–Crippen MR) is 309 cm³/mol. The fraction of sp³-hybridized carbons (Fsp3) is 0.919. The first-order valence-corrected chi connectivity index (χ1v) is 32.7. The first kappa shape index (κ1) is 70.0. The predicted octanol–water partition coefficient (Wildman–Crippen LogP) is 19.2. The summed E-state index contributed by atoms with van der Waals surface area (Å²) in [7, 11) is 1.59. The van der Waals surface area contributed by atoms with Crippen molar-refractivity contribution >= 4 is 13.7 Å². The van der Waals surface area contributed by atoms with E-state index in [2.05, 4.69) is 31.3 Å². The molecule has 0 spiro atoms. The third-order valence-electron chi connectivity index (χ3n) is 14.4. The summed E-state index contributed by atoms with van der Waals surface area (Å²) >= 11 is 0. The van der Waals surface area contributed by atoms with Gasteiger partial charge in [-0.2, -0.15) is 0 Å². The second-order valence-corrected chi connectivity index (χ2v) is 24.2. The van der Waals surface area contributed by atoms with Crippen molar-refractivity contribution in [2.24, 2.45) is 0 Å². The van der Waals surface area contributed by atoms with Gasteiger partial charge in [0.1, 0.15) is 13.2 Å². The Bertz CT molecular complexity index is 1210. The van der Waals surface area contributed by atoms with Gasteiger partial charge in [0.2, 0.25) is 5.91 Å². The third kappa shape index (κ3) is 56.5. The van der Waals surface area contributed by atoms with Crippen LogP contribution >= 0.6 is 7.82 Å². The Labute approximate surface area is 443 Å². The SMILES string of the molecule is CCCCCCCCCCCCCC/C=C\CCCCCCCCCCCCCCCC(=O)NC(COP(=O)(O)OCC[N+](C)(C)C)C(O)/C=C/CCCCCCCCCCCCCCCCCCCC. The molecule has 0 aliphatic rings. The number of nitrogens with zero attached hydrogens (tertiary/aromatic N) is 1. The number of allylic oxidation sites excluding steroid dienone is 3. The highest BCUT2D eigenvalue weighted by atomic mass is 31.2. The maximum atomic E-state index is 13.0. The van der Waals surface area contributed by atoms with Gasteiger partial charge in [-0.25, -0.2) is 4.57 Å². The Morgan fingerprint density at radius 2 is 0.761 bits per heavy atom. The minimum absolute atomic E-state index is 0.0636. The Kier molecular flexibility index (Phi) is 53.0. The maximum absolute atomic E-state index is 13.0. The molecule has 0 aromatic rings. The van der Waals surface area contributed by atoms with E-state index in [0.717, 1.165) is 32.1 Å². The molecule has 0 fully saturated rings. The van der Waals surface area contributed by atoms with Crippen LogP contribution in [0.4, 0.5) is 0 Å². The number of aliphatic hydroxyl groups excluding tert-OH is 1. The summed E-state index contributed by atoms with van der Waals surface area (Å²) in [5.74, 6) is -0.172. The van der Waals surface area contributed by atoms with Crippen LogP contribution in [0, 0.1) is 0 Å². The molecule has 0 aromatic carbocycles. The Morgan fingerprint density at radius 3 is 1.08 bits per heavy atom. The number of phosphoric ester groups is 1. The molecule has 1 amide bonds. The number of unbranched alkanes of at least 4 members (excludes halogenated alkanes) is 43. The lowest BCUT2D eigenvalue weighted by Crippen LogP contribution is -2.45. The van der Waals surface area contributed by atoms with Gasteiger partial charge in [0.05, 0.1) is 39.9 Å². The first-order chi connectivity index (χ1) is 34.5. The van der Waals surface area contributed by atoms with E-state index >= 15 is 0 Å². The number of rotatable bonds is 58. The number of hydrogen-bond donors (Lipinski definition) is 3. The Hall–Kier alpha value is -1.02. The molecule has 422 valence electrons. The van der Waals surface area contributed by atoms with Crippen LogP contribution in [-0.2, 0) is 18.4 Å². The highest BCUT2D eigenvalue weighted by Crippen LogP contribution is 2.43. The molecule has 3 unspecified atom stereocenters. The van der Waals surface area contributed by atoms with Crippen LogP contribution in [0.1, 0.15) is 316 Å². The highest BCUT2D eigenvalue weighted by molar-refractivity contribution is 7.47. The zero-order valence-electron chi connectivity index (χ0n) is 48.2. The molecular weight excluding hydrogens is 900 g/mol. The summed E-state index contributed by atoms with van der Waals surface area (Å²) in [6, 6.07) is -0.845. The van der Waals surface area contributed by atoms with Crippen molar-refractivity contribution in [2.45, 2.75) is 328 Å². The van der Waals surface area contributed by atoms with Crippen molar-refractivity contribution in [2.75, 3.05) is 40.9 Å². The van der Waals surface area contributed by atoms with Gasteiger partial charge < -0.3 is 19.8 Å². The monoisotopic (exact) mass is 1020 g/mol. The third-order valence-corrected chi connectivity index (χ3v) is 15.4. The average molecular weight is 1020 g/mol. The molecule has 0 radical (unpaired) electrons. The van der Waals surface area contributed by atoms with Gasteiger partial charge in [-0.05, 0) is 44.9 Å². The van der Waals surface area contributed by atoms with Gasteiger partial charge in [0, 0.05) is 6.42 Å². The van der Waals surface area contributed by atoms with Crippen molar-refractivity contribution in [1.82, 2.24) is 5.32 Å². The number of aliphatic hydroxyl groups is 1. The zero-order valence-corrected chi connectivity index (χ0v) is 49.1. The smallest absolute Gasteiger partial charge is 0.387 e. The van der Waals surface area contributed by atoms with Crippen LogP contribution in [0.15, 0.2) is 24.3 Å². The summed E-state index contributed by atoms with van der Waals surface area (Å²) < 4.78 is 23.8. The van der Waals surface area contributed by atoms with E-state index in [-0.39, 0.29) is 19.1 Å². The maximum Gasteiger partial charge on any atom is 0.472 e. The normalized spacial score (nSPS) is 14.0. The average Bonchev–Trinajstić information content (AvgIpc) is 3.33. The van der Waals surface area contributed by atoms with Crippen molar-refractivity contribution in [3.63, 3.8) is 0 Å². The lowest BCUT2D eigenvalue weighted by molar-refractivity contribution is -0.870. The van der Waals surface area contributed by atoms with E-state index in [9.17, 15) is 19.4 Å². The number of carbonyl (C=O) groups excluding carboxylic acids is 1. The first-order valence-electron chi connectivity index (χ1n) is 31.2. The van der Waals surface area contributed by atoms with Crippen LogP contribution in [0.25, 0.3) is 0 Å². The second-order valence-electron chi connectivity index (χ2n) is 22.8. The number of hydrogen-bond acceptors (Lipinski definition) is 5. The number of amides is 1. The Balaban J connectivity index is 4.10. The van der Waals surface area contributed by atoms with E-state index in [0.29, 0.717) is 17.4 Å². The Morgan fingerprint density at radius 1 is 0.465 bits per heavy atom. The fourth-order valence-corrected chi connectivity index (χ4v) is 10.2. The van der Waals surface area contributed by atoms with Crippen LogP contribution < -0.4 is 5.32 Å². The van der Waals surface area contributed by atoms with E-state index in [1.165, 1.54) is 263 Å². The minimum Gasteiger partial charge on any atom is -0.387 e. The largest absolute Gasteiger partial charge is 0.472 e. The van der Waals surface area contributed by atoms with Crippen molar-refractivity contribution in [3.05, 3.63) is 24.3 Å². The quantitative estimate of drug-likeness (QED) is 0.0243.